The summed E-state index contributed by atoms with van der Waals surface area (Å²) in [5.74, 6) is 0. The van der Waals surface area contributed by atoms with E-state index in [1.807, 2.05) is 6.07 Å². The van der Waals surface area contributed by atoms with Crippen LogP contribution in [0.15, 0.2) is 253 Å². The molecule has 12 rings (SSSR count). The third-order valence-electron chi connectivity index (χ3n) is 12.7. The number of furan rings is 1. The van der Waals surface area contributed by atoms with Gasteiger partial charge in [0.1, 0.15) is 11.2 Å². The summed E-state index contributed by atoms with van der Waals surface area (Å²) in [5.41, 5.74) is 16.8. The molecule has 0 saturated carbocycles. The quantitative estimate of drug-likeness (QED) is 0.152. The van der Waals surface area contributed by atoms with Crippen LogP contribution in [0, 0.1) is 0 Å². The van der Waals surface area contributed by atoms with E-state index in [2.05, 4.69) is 248 Å². The van der Waals surface area contributed by atoms with Gasteiger partial charge >= 0.3 is 0 Å². The molecule has 1 heterocycles. The summed E-state index contributed by atoms with van der Waals surface area (Å²) in [4.78, 5) is 2.36. The zero-order chi connectivity index (χ0) is 42.4. The van der Waals surface area contributed by atoms with E-state index in [1.165, 1.54) is 54.9 Å². The lowest BCUT2D eigenvalue weighted by molar-refractivity contribution is 0.670. The third kappa shape index (κ3) is 6.70. The maximum atomic E-state index is 6.51. The molecule has 64 heavy (non-hydrogen) atoms. The third-order valence-corrected chi connectivity index (χ3v) is 12.7. The maximum absolute atomic E-state index is 6.51. The Morgan fingerprint density at radius 3 is 1.31 bits per heavy atom. The van der Waals surface area contributed by atoms with Crippen LogP contribution in [0.25, 0.3) is 99.1 Å². The number of para-hydroxylation sites is 1. The lowest BCUT2D eigenvalue weighted by atomic mass is 9.91. The number of fused-ring (bicyclic) bond motifs is 5. The first kappa shape index (κ1) is 37.3. The van der Waals surface area contributed by atoms with E-state index in [4.69, 9.17) is 4.42 Å². The van der Waals surface area contributed by atoms with E-state index in [0.29, 0.717) is 0 Å². The van der Waals surface area contributed by atoms with Crippen molar-refractivity contribution in [2.75, 3.05) is 4.90 Å². The lowest BCUT2D eigenvalue weighted by Gasteiger charge is -2.26. The fourth-order valence-corrected chi connectivity index (χ4v) is 9.47. The molecule has 300 valence electrons. The Balaban J connectivity index is 0.938. The van der Waals surface area contributed by atoms with Crippen molar-refractivity contribution in [3.63, 3.8) is 0 Å². The number of nitrogens with zero attached hydrogens (tertiary/aromatic N) is 1. The highest BCUT2D eigenvalue weighted by Gasteiger charge is 2.17. The second kappa shape index (κ2) is 15.8. The zero-order valence-corrected chi connectivity index (χ0v) is 35.0. The normalized spacial score (nSPS) is 11.4. The molecule has 0 aliphatic rings. The van der Waals surface area contributed by atoms with Gasteiger partial charge in [-0.15, -0.1) is 0 Å². The Hall–Kier alpha value is -8.46. The second-order valence-electron chi connectivity index (χ2n) is 16.5. The van der Waals surface area contributed by atoms with Crippen LogP contribution in [0.4, 0.5) is 17.1 Å². The Morgan fingerprint density at radius 1 is 0.250 bits per heavy atom. The van der Waals surface area contributed by atoms with Gasteiger partial charge in [-0.05, 0) is 132 Å². The molecule has 0 atom stereocenters. The van der Waals surface area contributed by atoms with E-state index in [-0.39, 0.29) is 0 Å². The van der Waals surface area contributed by atoms with Gasteiger partial charge in [0.15, 0.2) is 0 Å². The van der Waals surface area contributed by atoms with Gasteiger partial charge < -0.3 is 9.32 Å². The van der Waals surface area contributed by atoms with Crippen LogP contribution in [0.3, 0.4) is 0 Å². The summed E-state index contributed by atoms with van der Waals surface area (Å²) in [6.07, 6.45) is 0. The summed E-state index contributed by atoms with van der Waals surface area (Å²) in [6.45, 7) is 0. The summed E-state index contributed by atoms with van der Waals surface area (Å²) in [6, 6.07) is 89.6. The van der Waals surface area contributed by atoms with Crippen molar-refractivity contribution >= 4 is 60.5 Å². The molecule has 2 nitrogen and oxygen atoms in total. The Bertz CT molecular complexity index is 3620. The monoisotopic (exact) mass is 815 g/mol. The molecule has 0 aliphatic heterocycles. The molecule has 12 aromatic rings. The SMILES string of the molecule is c1ccc(-c2cc3ccccc3cc2-c2ccc(N(c3ccc(-c4ccc5oc6c(-c7ccccc7)cccc6c5c4)cc3)c3ccc(-c4cccc5ccccc45)cc3)cc2)cc1. The molecule has 0 aliphatic carbocycles. The van der Waals surface area contributed by atoms with Gasteiger partial charge in [-0.1, -0.05) is 188 Å². The molecule has 0 radical (unpaired) electrons. The zero-order valence-electron chi connectivity index (χ0n) is 35.0. The Morgan fingerprint density at radius 2 is 0.688 bits per heavy atom. The summed E-state index contributed by atoms with van der Waals surface area (Å²) < 4.78 is 6.51. The molecule has 0 bridgehead atoms. The largest absolute Gasteiger partial charge is 0.455 e. The number of anilines is 3. The van der Waals surface area contributed by atoms with Crippen LogP contribution in [-0.4, -0.2) is 0 Å². The molecule has 1 aromatic heterocycles. The minimum absolute atomic E-state index is 0.889. The van der Waals surface area contributed by atoms with Gasteiger partial charge in [-0.2, -0.15) is 0 Å². The average Bonchev–Trinajstić information content (AvgIpc) is 3.75. The van der Waals surface area contributed by atoms with Gasteiger partial charge in [0, 0.05) is 33.4 Å². The van der Waals surface area contributed by atoms with Crippen LogP contribution in [-0.2, 0) is 0 Å². The molecule has 0 N–H and O–H groups in total. The molecule has 0 amide bonds. The van der Waals surface area contributed by atoms with Gasteiger partial charge in [-0.3, -0.25) is 0 Å². The van der Waals surface area contributed by atoms with Crippen molar-refractivity contribution in [2.45, 2.75) is 0 Å². The fraction of sp³-hybridized carbons (Fsp3) is 0. The smallest absolute Gasteiger partial charge is 0.143 e. The molecular weight excluding hydrogens is 775 g/mol. The van der Waals surface area contributed by atoms with E-state index >= 15 is 0 Å². The summed E-state index contributed by atoms with van der Waals surface area (Å²) in [7, 11) is 0. The van der Waals surface area contributed by atoms with Gasteiger partial charge in [0.25, 0.3) is 0 Å². The van der Waals surface area contributed by atoms with Crippen LogP contribution in [0.2, 0.25) is 0 Å². The van der Waals surface area contributed by atoms with Crippen molar-refractivity contribution in [1.82, 2.24) is 0 Å². The molecule has 0 saturated heterocycles. The predicted octanol–water partition coefficient (Wildman–Crippen LogP) is 17.7. The number of hydrogen-bond acceptors (Lipinski definition) is 2. The van der Waals surface area contributed by atoms with Crippen LogP contribution < -0.4 is 4.90 Å². The topological polar surface area (TPSA) is 16.4 Å². The van der Waals surface area contributed by atoms with E-state index in [0.717, 1.165) is 61.3 Å². The minimum Gasteiger partial charge on any atom is -0.455 e. The summed E-state index contributed by atoms with van der Waals surface area (Å²) >= 11 is 0. The predicted molar refractivity (Wildman–Crippen MR) is 271 cm³/mol. The number of hydrogen-bond donors (Lipinski definition) is 0. The van der Waals surface area contributed by atoms with Crippen molar-refractivity contribution in [1.29, 1.82) is 0 Å². The average molecular weight is 816 g/mol. The van der Waals surface area contributed by atoms with E-state index in [9.17, 15) is 0 Å². The molecule has 11 aromatic carbocycles. The highest BCUT2D eigenvalue weighted by molar-refractivity contribution is 6.10. The minimum atomic E-state index is 0.889. The van der Waals surface area contributed by atoms with E-state index in [1.54, 1.807) is 0 Å². The van der Waals surface area contributed by atoms with Gasteiger partial charge in [-0.25, -0.2) is 0 Å². The standard InChI is InChI=1S/C62H41NO/c1-3-13-44(14-4-1)56-23-12-24-57-60-41-50(31-38-61(60)64-62(56)57)42-25-32-51(33-26-42)63(52-34-27-46(28-35-52)55-22-11-20-43-17-9-10-21-54(43)55)53-36-29-47(30-37-53)59-40-49-19-8-7-18-48(49)39-58(59)45-15-5-2-6-16-45/h1-41H. The molecule has 0 spiro atoms. The van der Waals surface area contributed by atoms with Crippen LogP contribution in [0.1, 0.15) is 0 Å². The molecular formula is C62H41NO. The van der Waals surface area contributed by atoms with Gasteiger partial charge in [0.2, 0.25) is 0 Å². The van der Waals surface area contributed by atoms with Crippen molar-refractivity contribution < 1.29 is 4.42 Å². The van der Waals surface area contributed by atoms with E-state index < -0.39 is 0 Å². The molecule has 0 unspecified atom stereocenters. The van der Waals surface area contributed by atoms with Gasteiger partial charge in [0.05, 0.1) is 0 Å². The maximum Gasteiger partial charge on any atom is 0.143 e. The fourth-order valence-electron chi connectivity index (χ4n) is 9.47. The molecule has 2 heteroatoms. The Kier molecular flexibility index (Phi) is 9.20. The number of rotatable bonds is 8. The first-order chi connectivity index (χ1) is 31.7. The highest BCUT2D eigenvalue weighted by atomic mass is 16.3. The molecule has 0 fully saturated rings. The highest BCUT2D eigenvalue weighted by Crippen LogP contribution is 2.42. The van der Waals surface area contributed by atoms with Crippen molar-refractivity contribution in [2.24, 2.45) is 0 Å². The van der Waals surface area contributed by atoms with Crippen molar-refractivity contribution in [3.05, 3.63) is 249 Å². The van der Waals surface area contributed by atoms with Crippen molar-refractivity contribution in [3.8, 4) is 55.6 Å². The Labute approximate surface area is 372 Å². The lowest BCUT2D eigenvalue weighted by Crippen LogP contribution is -2.09. The first-order valence-corrected chi connectivity index (χ1v) is 21.9. The number of benzene rings is 11. The van der Waals surface area contributed by atoms with Crippen LogP contribution >= 0.6 is 0 Å². The second-order valence-corrected chi connectivity index (χ2v) is 16.5. The van der Waals surface area contributed by atoms with Crippen LogP contribution in [0.5, 0.6) is 0 Å². The first-order valence-electron chi connectivity index (χ1n) is 21.9. The summed E-state index contributed by atoms with van der Waals surface area (Å²) in [5, 5.41) is 7.19.